The summed E-state index contributed by atoms with van der Waals surface area (Å²) < 4.78 is 153. The normalized spacial score (nSPS) is 11.2. The van der Waals surface area contributed by atoms with Gasteiger partial charge in [-0.25, -0.2) is 59.4 Å². The Balaban J connectivity index is 0.000000114. The number of nitrogens with zero attached hydrogens (tertiary/aromatic N) is 13. The molecule has 1 amide bonds. The summed E-state index contributed by atoms with van der Waals surface area (Å²) in [4.78, 5) is 60.6. The summed E-state index contributed by atoms with van der Waals surface area (Å²) in [6.45, 7) is 0. The number of fused-ring (bicyclic) bond motifs is 4. The first-order chi connectivity index (χ1) is 58.4. The van der Waals surface area contributed by atoms with E-state index in [0.717, 1.165) is 51.9 Å². The molecule has 0 saturated heterocycles. The predicted octanol–water partition coefficient (Wildman–Crippen LogP) is 20.7. The third-order valence-electron chi connectivity index (χ3n) is 19.3. The molecule has 0 atom stereocenters. The number of methoxy groups -OCH3 is 1. The number of pyridine rings is 8. The highest BCUT2D eigenvalue weighted by Gasteiger charge is 2.28. The number of carbonyl (C=O) groups is 1. The number of aromatic amines is 4. The lowest BCUT2D eigenvalue weighted by Gasteiger charge is -2.10. The second-order valence-electron chi connectivity index (χ2n) is 26.7. The number of aromatic nitrogens is 16. The van der Waals surface area contributed by atoms with Crippen LogP contribution in [0.2, 0.25) is 0 Å². The number of nitrogens with one attached hydrogen (secondary N) is 4. The largest absolute Gasteiger partial charge is 0.497 e. The molecule has 4 aromatic carbocycles. The zero-order valence-corrected chi connectivity index (χ0v) is 62.3. The van der Waals surface area contributed by atoms with Crippen molar-refractivity contribution in [1.29, 1.82) is 0 Å². The number of carbonyl (C=O) groups excluding carboxylic acids is 1. The molecule has 0 aliphatic rings. The highest BCUT2D eigenvalue weighted by Crippen LogP contribution is 2.44. The maximum Gasteiger partial charge on any atom is 0.254 e. The fraction of sp³-hybridized carbons (Fsp3) is 0.0341. The molecule has 20 rings (SSSR count). The fourth-order valence-electron chi connectivity index (χ4n) is 13.4. The molecule has 4 N–H and O–H groups in total. The molecule has 0 fully saturated rings. The van der Waals surface area contributed by atoms with Crippen molar-refractivity contribution in [3.8, 4) is 141 Å². The number of rotatable bonds is 14. The van der Waals surface area contributed by atoms with E-state index in [1.807, 2.05) is 36.4 Å². The second kappa shape index (κ2) is 32.5. The lowest BCUT2D eigenvalue weighted by molar-refractivity contribution is 0.0827. The molecular formula is C88H54F9N17O6. The van der Waals surface area contributed by atoms with E-state index in [-0.39, 0.29) is 50.9 Å². The van der Waals surface area contributed by atoms with Gasteiger partial charge in [0, 0.05) is 183 Å². The van der Waals surface area contributed by atoms with Gasteiger partial charge in [-0.05, 0) is 91.0 Å². The zero-order valence-electron chi connectivity index (χ0n) is 62.3. The van der Waals surface area contributed by atoms with E-state index in [4.69, 9.17) is 22.8 Å². The molecule has 0 aliphatic carbocycles. The first-order valence-corrected chi connectivity index (χ1v) is 36.1. The van der Waals surface area contributed by atoms with Crippen molar-refractivity contribution in [2.75, 3.05) is 21.2 Å². The zero-order chi connectivity index (χ0) is 82.8. The van der Waals surface area contributed by atoms with Crippen LogP contribution in [-0.2, 0) is 0 Å². The summed E-state index contributed by atoms with van der Waals surface area (Å²) >= 11 is 0. The topological polar surface area (TPSA) is 300 Å². The first kappa shape index (κ1) is 76.4. The number of H-pyrrole nitrogens is 4. The average Bonchev–Trinajstić information content (AvgIpc) is 1.63. The third kappa shape index (κ3) is 14.7. The molecule has 0 bridgehead atoms. The monoisotopic (exact) mass is 1620 g/mol. The van der Waals surface area contributed by atoms with Gasteiger partial charge in [0.2, 0.25) is 0 Å². The van der Waals surface area contributed by atoms with Gasteiger partial charge in [-0.3, -0.25) is 24.7 Å². The lowest BCUT2D eigenvalue weighted by Crippen LogP contribution is -2.21. The van der Waals surface area contributed by atoms with E-state index in [9.17, 15) is 44.3 Å². The Morgan fingerprint density at radius 2 is 0.692 bits per heavy atom. The van der Waals surface area contributed by atoms with Crippen molar-refractivity contribution >= 4 is 50.0 Å². The summed E-state index contributed by atoms with van der Waals surface area (Å²) in [5.74, 6) is -6.45. The fourth-order valence-corrected chi connectivity index (χ4v) is 13.4. The van der Waals surface area contributed by atoms with Crippen LogP contribution >= 0.6 is 0 Å². The van der Waals surface area contributed by atoms with E-state index in [1.165, 1.54) is 109 Å². The van der Waals surface area contributed by atoms with Gasteiger partial charge in [0.05, 0.1) is 76.8 Å². The summed E-state index contributed by atoms with van der Waals surface area (Å²) in [5.41, 5.74) is 11.8. The smallest absolute Gasteiger partial charge is 0.254 e. The van der Waals surface area contributed by atoms with E-state index in [0.29, 0.717) is 118 Å². The Hall–Kier alpha value is -16.3. The molecule has 0 unspecified atom stereocenters. The summed E-state index contributed by atoms with van der Waals surface area (Å²) in [6.07, 6.45) is 25.1. The van der Waals surface area contributed by atoms with Gasteiger partial charge < -0.3 is 47.7 Å². The van der Waals surface area contributed by atoms with Crippen LogP contribution in [0.1, 0.15) is 10.4 Å². The minimum atomic E-state index is -0.994. The molecule has 16 aromatic heterocycles. The van der Waals surface area contributed by atoms with Gasteiger partial charge in [0.25, 0.3) is 5.91 Å². The van der Waals surface area contributed by atoms with Gasteiger partial charge in [0.15, 0.2) is 69.6 Å². The standard InChI is InChI=1S/C24H17F2N5O2.C22H14F2N4O2.C21H11F3N4O.C21H12F2N4O/c1-31(2)24(32)13-6-7-20(27-9-13)14-8-16-17(11-29-23(16)28-10-14)22-18(12-30-33-22)15-4-3-5-19(25)21(15)26;1-29-13-5-6-25-19(8-13)12-7-15-16(10-27-22(15)26-9-12)21-17(11-28-30-21)14-3-2-4-18(23)20(14)24;22-16-4-1-3-12(18(16)24)15-10-28-29-20(15)14-9-27-21-13(14)7-11(8-26-21)19-17(23)5-2-6-25-19;22-17-5-3-4-13(19(17)23)16-11-27-28-20(16)15-10-26-21-14(15)8-12(9-25-21)18-6-1-2-7-24-18/h3-12H,1-2H3,(H,28,29);2-11H,1H3,(H,26,27);1-10H,(H,26,27);1-11H,(H,25,26). The van der Waals surface area contributed by atoms with Crippen LogP contribution in [0.4, 0.5) is 39.5 Å². The van der Waals surface area contributed by atoms with E-state index < -0.39 is 52.4 Å². The van der Waals surface area contributed by atoms with E-state index in [2.05, 4.69) is 80.4 Å². The molecule has 0 radical (unpaired) electrons. The van der Waals surface area contributed by atoms with Crippen molar-refractivity contribution in [2.24, 2.45) is 0 Å². The Morgan fingerprint density at radius 3 is 1.06 bits per heavy atom. The number of hydrogen-bond donors (Lipinski definition) is 4. The molecule has 0 saturated carbocycles. The first-order valence-electron chi connectivity index (χ1n) is 36.1. The summed E-state index contributed by atoms with van der Waals surface area (Å²) in [7, 11) is 4.94. The Bertz CT molecular complexity index is 7220. The maximum absolute atomic E-state index is 14.4. The molecule has 20 aromatic rings. The van der Waals surface area contributed by atoms with Crippen molar-refractivity contribution < 1.29 is 67.1 Å². The Morgan fingerprint density at radius 1 is 0.325 bits per heavy atom. The van der Waals surface area contributed by atoms with E-state index >= 15 is 0 Å². The van der Waals surface area contributed by atoms with Gasteiger partial charge >= 0.3 is 0 Å². The number of hydrogen-bond acceptors (Lipinski definition) is 18. The van der Waals surface area contributed by atoms with Crippen LogP contribution < -0.4 is 4.74 Å². The average molecular weight is 1620 g/mol. The van der Waals surface area contributed by atoms with Crippen LogP contribution in [0.3, 0.4) is 0 Å². The molecule has 590 valence electrons. The third-order valence-corrected chi connectivity index (χ3v) is 19.3. The van der Waals surface area contributed by atoms with Crippen LogP contribution in [0, 0.1) is 52.4 Å². The number of halogens is 9. The van der Waals surface area contributed by atoms with Crippen molar-refractivity contribution in [2.45, 2.75) is 0 Å². The maximum atomic E-state index is 14.4. The Labute approximate surface area is 669 Å². The highest BCUT2D eigenvalue weighted by atomic mass is 19.2. The molecule has 0 aliphatic heterocycles. The molecule has 23 nitrogen and oxygen atoms in total. The van der Waals surface area contributed by atoms with Crippen LogP contribution in [0.5, 0.6) is 5.75 Å². The molecule has 16 heterocycles. The molecule has 0 spiro atoms. The second-order valence-corrected chi connectivity index (χ2v) is 26.7. The predicted molar refractivity (Wildman–Crippen MR) is 425 cm³/mol. The Kier molecular flexibility index (Phi) is 20.7. The van der Waals surface area contributed by atoms with Gasteiger partial charge in [-0.2, -0.15) is 0 Å². The van der Waals surface area contributed by atoms with Gasteiger partial charge in [0.1, 0.15) is 39.8 Å². The van der Waals surface area contributed by atoms with Gasteiger partial charge in [-0.15, -0.1) is 0 Å². The van der Waals surface area contributed by atoms with E-state index in [1.54, 1.807) is 107 Å². The quantitative estimate of drug-likeness (QED) is 0.0735. The summed E-state index contributed by atoms with van der Waals surface area (Å²) in [5, 5.41) is 18.0. The number of amides is 1. The minimum absolute atomic E-state index is 0.0236. The van der Waals surface area contributed by atoms with Crippen molar-refractivity contribution in [3.05, 3.63) is 309 Å². The van der Waals surface area contributed by atoms with Gasteiger partial charge in [-0.1, -0.05) is 75.2 Å². The van der Waals surface area contributed by atoms with Crippen molar-refractivity contribution in [1.82, 2.24) is 85.3 Å². The van der Waals surface area contributed by atoms with Crippen LogP contribution in [0.15, 0.2) is 269 Å². The number of ether oxygens (including phenoxy) is 1. The molecule has 120 heavy (non-hydrogen) atoms. The SMILES string of the molecule is CN(C)C(=O)c1ccc(-c2cnc3[nH]cc(-c4oncc4-c4cccc(F)c4F)c3c2)nc1.COc1ccnc(-c2cnc3[nH]cc(-c4oncc4-c4cccc(F)c4F)c3c2)c1.Fc1cccc(-c2cnoc2-c2c[nH]c3ncc(-c4ccccn4)cc23)c1F.Fc1cccnc1-c1cnc2[nH]cc(-c3oncc3-c3cccc(F)c3F)c2c1. The lowest BCUT2D eigenvalue weighted by atomic mass is 10.0. The van der Waals surface area contributed by atoms with Crippen LogP contribution in [-0.4, -0.2) is 112 Å². The molecule has 32 heteroatoms. The number of benzene rings is 4. The minimum Gasteiger partial charge on any atom is -0.497 e. The molecular weight excluding hydrogens is 1560 g/mol. The summed E-state index contributed by atoms with van der Waals surface area (Å²) in [6, 6.07) is 38.6. The van der Waals surface area contributed by atoms with Crippen LogP contribution in [0.25, 0.3) is 179 Å². The van der Waals surface area contributed by atoms with Crippen molar-refractivity contribution in [3.63, 3.8) is 0 Å². The highest BCUT2D eigenvalue weighted by molar-refractivity contribution is 6.02.